The van der Waals surface area contributed by atoms with Crippen LogP contribution in [-0.4, -0.2) is 25.1 Å². The van der Waals surface area contributed by atoms with Gasteiger partial charge in [0.2, 0.25) is 0 Å². The molecule has 0 radical (unpaired) electrons. The number of rotatable bonds is 8. The lowest BCUT2D eigenvalue weighted by molar-refractivity contribution is -0.107. The third-order valence-corrected chi connectivity index (χ3v) is 7.20. The molecule has 0 spiro atoms. The zero-order valence-electron chi connectivity index (χ0n) is 21.4. The standard InChI is InChI=1S/C31H32N2O3/c1-5-25-17-24(32-36-25)12-14-33-19-23-16-26(35-4)10-11-28(23)30-18-29(22-8-6-20(2)7-9-22)27(13-15-34)21(3)31(30)33/h6-11,15-18H,5,12-14,19H2,1-4H3. The Bertz CT molecular complexity index is 1400. The highest BCUT2D eigenvalue weighted by molar-refractivity contribution is 5.92. The molecule has 2 heterocycles. The summed E-state index contributed by atoms with van der Waals surface area (Å²) in [6, 6.07) is 19.2. The largest absolute Gasteiger partial charge is 0.497 e. The van der Waals surface area contributed by atoms with Crippen molar-refractivity contribution in [2.75, 3.05) is 18.6 Å². The number of fused-ring (bicyclic) bond motifs is 3. The fourth-order valence-electron chi connectivity index (χ4n) is 5.25. The van der Waals surface area contributed by atoms with Crippen LogP contribution in [0.25, 0.3) is 22.3 Å². The minimum atomic E-state index is 0.384. The van der Waals surface area contributed by atoms with E-state index in [2.05, 4.69) is 73.3 Å². The summed E-state index contributed by atoms with van der Waals surface area (Å²) in [5.74, 6) is 1.76. The summed E-state index contributed by atoms with van der Waals surface area (Å²) in [7, 11) is 1.71. The predicted octanol–water partition coefficient (Wildman–Crippen LogP) is 6.50. The van der Waals surface area contributed by atoms with Crippen molar-refractivity contribution in [2.24, 2.45) is 0 Å². The average molecular weight is 481 g/mol. The Labute approximate surface area is 212 Å². The SMILES string of the molecule is CCc1cc(CCN2Cc3cc(OC)ccc3-c3cc(-c4ccc(C)cc4)c(CC=O)c(C)c32)no1. The number of ether oxygens (including phenoxy) is 1. The number of hydrogen-bond donors (Lipinski definition) is 0. The number of methoxy groups -OCH3 is 1. The van der Waals surface area contributed by atoms with Crippen molar-refractivity contribution in [1.29, 1.82) is 0 Å². The van der Waals surface area contributed by atoms with Crippen LogP contribution in [-0.2, 0) is 30.6 Å². The van der Waals surface area contributed by atoms with Gasteiger partial charge >= 0.3 is 0 Å². The highest BCUT2D eigenvalue weighted by Crippen LogP contribution is 2.46. The van der Waals surface area contributed by atoms with Gasteiger partial charge < -0.3 is 19.0 Å². The number of anilines is 1. The number of aryl methyl sites for hydroxylation is 2. The van der Waals surface area contributed by atoms with Crippen LogP contribution in [0.3, 0.4) is 0 Å². The summed E-state index contributed by atoms with van der Waals surface area (Å²) in [6.45, 7) is 7.88. The molecule has 184 valence electrons. The van der Waals surface area contributed by atoms with Gasteiger partial charge in [-0.2, -0.15) is 0 Å². The Morgan fingerprint density at radius 2 is 1.83 bits per heavy atom. The topological polar surface area (TPSA) is 55.6 Å². The Morgan fingerprint density at radius 1 is 1.03 bits per heavy atom. The maximum Gasteiger partial charge on any atom is 0.136 e. The van der Waals surface area contributed by atoms with Gasteiger partial charge in [0, 0.05) is 49.7 Å². The molecule has 4 aromatic rings. The second kappa shape index (κ2) is 10.0. The van der Waals surface area contributed by atoms with Crippen molar-refractivity contribution in [3.05, 3.63) is 88.3 Å². The lowest BCUT2D eigenvalue weighted by Gasteiger charge is -2.36. The van der Waals surface area contributed by atoms with E-state index in [1.54, 1.807) is 7.11 Å². The van der Waals surface area contributed by atoms with Gasteiger partial charge in [0.1, 0.15) is 17.8 Å². The van der Waals surface area contributed by atoms with E-state index in [0.29, 0.717) is 6.42 Å². The number of nitrogens with zero attached hydrogens (tertiary/aromatic N) is 2. The first-order valence-corrected chi connectivity index (χ1v) is 12.6. The van der Waals surface area contributed by atoms with Crippen LogP contribution in [0, 0.1) is 13.8 Å². The van der Waals surface area contributed by atoms with E-state index in [0.717, 1.165) is 71.7 Å². The Morgan fingerprint density at radius 3 is 2.53 bits per heavy atom. The van der Waals surface area contributed by atoms with E-state index in [1.807, 2.05) is 12.1 Å². The molecule has 5 rings (SSSR count). The number of carbonyl (C=O) groups excluding carboxylic acids is 1. The van der Waals surface area contributed by atoms with Gasteiger partial charge in [-0.25, -0.2) is 0 Å². The molecule has 0 unspecified atom stereocenters. The molecule has 0 atom stereocenters. The summed E-state index contributed by atoms with van der Waals surface area (Å²) in [4.78, 5) is 14.2. The van der Waals surface area contributed by atoms with Gasteiger partial charge in [0.05, 0.1) is 12.8 Å². The third kappa shape index (κ3) is 4.41. The molecular formula is C31H32N2O3. The molecular weight excluding hydrogens is 448 g/mol. The number of carbonyl (C=O) groups is 1. The summed E-state index contributed by atoms with van der Waals surface area (Å²) in [5.41, 5.74) is 11.5. The monoisotopic (exact) mass is 480 g/mol. The summed E-state index contributed by atoms with van der Waals surface area (Å²) >= 11 is 0. The van der Waals surface area contributed by atoms with Gasteiger partial charge in [-0.15, -0.1) is 0 Å². The molecule has 5 nitrogen and oxygen atoms in total. The van der Waals surface area contributed by atoms with E-state index in [9.17, 15) is 4.79 Å². The van der Waals surface area contributed by atoms with Gasteiger partial charge in [0.25, 0.3) is 0 Å². The maximum absolute atomic E-state index is 11.8. The van der Waals surface area contributed by atoms with E-state index in [-0.39, 0.29) is 0 Å². The van der Waals surface area contributed by atoms with Crippen LogP contribution in [0.4, 0.5) is 5.69 Å². The van der Waals surface area contributed by atoms with Crippen LogP contribution in [0.5, 0.6) is 5.75 Å². The number of aldehydes is 1. The van der Waals surface area contributed by atoms with Crippen molar-refractivity contribution < 1.29 is 14.1 Å². The molecule has 0 saturated heterocycles. The lowest BCUT2D eigenvalue weighted by atomic mass is 9.84. The molecule has 3 aromatic carbocycles. The zero-order chi connectivity index (χ0) is 25.2. The molecule has 0 amide bonds. The van der Waals surface area contributed by atoms with E-state index in [4.69, 9.17) is 9.26 Å². The normalized spacial score (nSPS) is 12.3. The van der Waals surface area contributed by atoms with Crippen LogP contribution < -0.4 is 9.64 Å². The molecule has 0 saturated carbocycles. The summed E-state index contributed by atoms with van der Waals surface area (Å²) in [6.07, 6.45) is 3.02. The second-order valence-corrected chi connectivity index (χ2v) is 9.49. The smallest absolute Gasteiger partial charge is 0.136 e. The lowest BCUT2D eigenvalue weighted by Crippen LogP contribution is -2.30. The Hall–Kier alpha value is -3.86. The fourth-order valence-corrected chi connectivity index (χ4v) is 5.25. The molecule has 0 fully saturated rings. The van der Waals surface area contributed by atoms with Gasteiger partial charge in [-0.3, -0.25) is 0 Å². The van der Waals surface area contributed by atoms with Gasteiger partial charge in [-0.1, -0.05) is 48.0 Å². The van der Waals surface area contributed by atoms with Gasteiger partial charge in [-0.05, 0) is 65.4 Å². The zero-order valence-corrected chi connectivity index (χ0v) is 21.4. The van der Waals surface area contributed by atoms with Crippen LogP contribution in [0.15, 0.2) is 59.1 Å². The third-order valence-electron chi connectivity index (χ3n) is 7.20. The molecule has 1 aliphatic heterocycles. The van der Waals surface area contributed by atoms with Crippen LogP contribution in [0.2, 0.25) is 0 Å². The fraction of sp³-hybridized carbons (Fsp3) is 0.290. The number of hydrogen-bond acceptors (Lipinski definition) is 5. The second-order valence-electron chi connectivity index (χ2n) is 9.49. The number of benzene rings is 3. The van der Waals surface area contributed by atoms with Crippen LogP contribution in [0.1, 0.15) is 40.6 Å². The Kier molecular flexibility index (Phi) is 6.64. The first-order chi connectivity index (χ1) is 17.5. The molecule has 0 aliphatic carbocycles. The minimum Gasteiger partial charge on any atom is -0.497 e. The maximum atomic E-state index is 11.8. The van der Waals surface area contributed by atoms with Crippen molar-refractivity contribution in [1.82, 2.24) is 5.16 Å². The summed E-state index contributed by atoms with van der Waals surface area (Å²) in [5, 5.41) is 4.26. The highest BCUT2D eigenvalue weighted by atomic mass is 16.5. The summed E-state index contributed by atoms with van der Waals surface area (Å²) < 4.78 is 11.0. The number of aromatic nitrogens is 1. The molecule has 1 aromatic heterocycles. The molecule has 1 aliphatic rings. The molecule has 36 heavy (non-hydrogen) atoms. The highest BCUT2D eigenvalue weighted by Gasteiger charge is 2.27. The first kappa shape index (κ1) is 23.9. The average Bonchev–Trinajstić information content (AvgIpc) is 3.37. The minimum absolute atomic E-state index is 0.384. The van der Waals surface area contributed by atoms with Crippen molar-refractivity contribution in [3.63, 3.8) is 0 Å². The van der Waals surface area contributed by atoms with E-state index >= 15 is 0 Å². The predicted molar refractivity (Wildman–Crippen MR) is 144 cm³/mol. The Balaban J connectivity index is 1.65. The van der Waals surface area contributed by atoms with Crippen LogP contribution >= 0.6 is 0 Å². The van der Waals surface area contributed by atoms with Crippen molar-refractivity contribution in [2.45, 2.75) is 46.6 Å². The molecule has 0 N–H and O–H groups in total. The molecule has 5 heteroatoms. The van der Waals surface area contributed by atoms with Gasteiger partial charge in [0.15, 0.2) is 0 Å². The van der Waals surface area contributed by atoms with E-state index < -0.39 is 0 Å². The quantitative estimate of drug-likeness (QED) is 0.269. The van der Waals surface area contributed by atoms with Crippen molar-refractivity contribution in [3.8, 4) is 28.0 Å². The molecule has 0 bridgehead atoms. The van der Waals surface area contributed by atoms with E-state index in [1.165, 1.54) is 27.9 Å². The van der Waals surface area contributed by atoms with Crippen molar-refractivity contribution >= 4 is 12.0 Å². The first-order valence-electron chi connectivity index (χ1n) is 12.6.